The second-order valence-corrected chi connectivity index (χ2v) is 12.7. The number of hydrogen-bond acceptors (Lipinski definition) is 2. The lowest BCUT2D eigenvalue weighted by Crippen LogP contribution is -2.19. The summed E-state index contributed by atoms with van der Waals surface area (Å²) in [6.45, 7) is 13.5. The number of benzene rings is 4. The van der Waals surface area contributed by atoms with Crippen LogP contribution in [0.1, 0.15) is 93.7 Å². The normalized spacial score (nSPS) is 15.6. The topological polar surface area (TPSA) is 24.7 Å². The monoisotopic (exact) mass is 616 g/mol. The highest BCUT2D eigenvalue weighted by molar-refractivity contribution is 9.10. The lowest BCUT2D eigenvalue weighted by atomic mass is 9.80. The average molecular weight is 618 g/mol. The third-order valence-electron chi connectivity index (χ3n) is 8.98. The maximum absolute atomic E-state index is 5.41. The molecule has 1 aliphatic rings. The van der Waals surface area contributed by atoms with E-state index in [0.29, 0.717) is 0 Å². The van der Waals surface area contributed by atoms with Gasteiger partial charge in [0.25, 0.3) is 0 Å². The number of aliphatic imine (C=N–C) groups is 2. The van der Waals surface area contributed by atoms with Gasteiger partial charge in [0.05, 0.1) is 5.71 Å². The lowest BCUT2D eigenvalue weighted by molar-refractivity contribution is 0.660. The minimum absolute atomic E-state index is 0.0779. The van der Waals surface area contributed by atoms with Gasteiger partial charge in [0.2, 0.25) is 0 Å². The van der Waals surface area contributed by atoms with Crippen LogP contribution in [0.4, 0.5) is 0 Å². The van der Waals surface area contributed by atoms with Gasteiger partial charge in [0.1, 0.15) is 0 Å². The largest absolute Gasteiger partial charge is 0.292 e. The van der Waals surface area contributed by atoms with Crippen LogP contribution in [0.3, 0.4) is 0 Å². The van der Waals surface area contributed by atoms with Crippen LogP contribution in [0, 0.1) is 0 Å². The Morgan fingerprint density at radius 3 is 2.21 bits per heavy atom. The smallest absolute Gasteiger partial charge is 0.0780 e. The van der Waals surface area contributed by atoms with Crippen LogP contribution in [0.15, 0.2) is 117 Å². The molecule has 0 N–H and O–H groups in total. The summed E-state index contributed by atoms with van der Waals surface area (Å²) in [4.78, 5) is 10.3. The van der Waals surface area contributed by atoms with E-state index in [-0.39, 0.29) is 11.3 Å². The van der Waals surface area contributed by atoms with E-state index in [2.05, 4.69) is 148 Å². The lowest BCUT2D eigenvalue weighted by Gasteiger charge is -2.24. The molecule has 1 unspecified atom stereocenters. The highest BCUT2D eigenvalue weighted by Crippen LogP contribution is 2.49. The quantitative estimate of drug-likeness (QED) is 0.176. The number of nitrogens with zero attached hydrogens (tertiary/aromatic N) is 2. The van der Waals surface area contributed by atoms with Crippen LogP contribution in [0.5, 0.6) is 0 Å². The summed E-state index contributed by atoms with van der Waals surface area (Å²) < 4.78 is 1.06. The SMILES string of the molecule is CC/C(C)=C(C)\N=C(\c1ccc2c(c1)C(C)(C)c1ccccc1-2)c1ccccc1C(CC)/C(=N\C)c1cccc(Br)c1. The molecule has 0 saturated carbocycles. The first-order chi connectivity index (χ1) is 20.2. The number of hydrogen-bond donors (Lipinski definition) is 0. The van der Waals surface area contributed by atoms with E-state index in [9.17, 15) is 0 Å². The fraction of sp³-hybridized carbons (Fsp3) is 0.282. The maximum atomic E-state index is 5.41. The molecule has 1 aliphatic carbocycles. The molecule has 4 aromatic carbocycles. The molecule has 3 heteroatoms. The Kier molecular flexibility index (Phi) is 8.80. The number of fused-ring (bicyclic) bond motifs is 3. The van der Waals surface area contributed by atoms with Gasteiger partial charge in [0.15, 0.2) is 0 Å². The van der Waals surface area contributed by atoms with Crippen molar-refractivity contribution in [1.82, 2.24) is 0 Å². The molecule has 0 aliphatic heterocycles. The predicted molar refractivity (Wildman–Crippen MR) is 184 cm³/mol. The van der Waals surface area contributed by atoms with Gasteiger partial charge in [-0.05, 0) is 78.3 Å². The van der Waals surface area contributed by atoms with Gasteiger partial charge in [-0.2, -0.15) is 0 Å². The third-order valence-corrected chi connectivity index (χ3v) is 9.47. The van der Waals surface area contributed by atoms with E-state index in [1.807, 2.05) is 7.05 Å². The molecule has 0 heterocycles. The summed E-state index contributed by atoms with van der Waals surface area (Å²) in [5.41, 5.74) is 14.5. The van der Waals surface area contributed by atoms with Crippen molar-refractivity contribution in [3.05, 3.63) is 140 Å². The standard InChI is InChI=1S/C39H41BrN2/c1-8-25(3)26(4)42-38(28-21-22-33-32-18-12-13-20-35(32)39(5,6)36(33)24-28)34-19-11-10-17-31(34)30(9-2)37(41-7)27-15-14-16-29(40)23-27/h10-24,30H,8-9H2,1-7H3/b26-25-,41-37-,42-38-. The zero-order valence-corrected chi connectivity index (χ0v) is 27.5. The third kappa shape index (κ3) is 5.47. The van der Waals surface area contributed by atoms with E-state index in [1.54, 1.807) is 0 Å². The molecular formula is C39H41BrN2. The van der Waals surface area contributed by atoms with Crippen LogP contribution in [-0.2, 0) is 5.41 Å². The second-order valence-electron chi connectivity index (χ2n) is 11.8. The fourth-order valence-corrected chi connectivity index (χ4v) is 6.76. The van der Waals surface area contributed by atoms with Crippen molar-refractivity contribution in [3.8, 4) is 11.1 Å². The summed E-state index contributed by atoms with van der Waals surface area (Å²) in [7, 11) is 1.91. The van der Waals surface area contributed by atoms with Crippen LogP contribution in [0.2, 0.25) is 0 Å². The van der Waals surface area contributed by atoms with Crippen molar-refractivity contribution >= 4 is 27.4 Å². The summed E-state index contributed by atoms with van der Waals surface area (Å²) in [6, 6.07) is 33.1. The molecule has 0 aromatic heterocycles. The molecule has 4 aromatic rings. The van der Waals surface area contributed by atoms with Gasteiger partial charge in [0, 0.05) is 45.4 Å². The van der Waals surface area contributed by atoms with Gasteiger partial charge >= 0.3 is 0 Å². The van der Waals surface area contributed by atoms with E-state index >= 15 is 0 Å². The van der Waals surface area contributed by atoms with Gasteiger partial charge in [-0.3, -0.25) is 9.98 Å². The predicted octanol–water partition coefficient (Wildman–Crippen LogP) is 10.9. The molecule has 0 fully saturated rings. The zero-order chi connectivity index (χ0) is 30.0. The van der Waals surface area contributed by atoms with Gasteiger partial charge < -0.3 is 0 Å². The highest BCUT2D eigenvalue weighted by atomic mass is 79.9. The van der Waals surface area contributed by atoms with E-state index in [4.69, 9.17) is 9.98 Å². The van der Waals surface area contributed by atoms with Crippen molar-refractivity contribution in [2.75, 3.05) is 7.05 Å². The van der Waals surface area contributed by atoms with Crippen LogP contribution in [0.25, 0.3) is 11.1 Å². The Labute approximate surface area is 260 Å². The van der Waals surface area contributed by atoms with Gasteiger partial charge in [-0.15, -0.1) is 0 Å². The Morgan fingerprint density at radius 2 is 1.50 bits per heavy atom. The Bertz CT molecular complexity index is 1720. The molecule has 0 spiro atoms. The molecule has 214 valence electrons. The van der Waals surface area contributed by atoms with Crippen LogP contribution >= 0.6 is 15.9 Å². The second kappa shape index (κ2) is 12.4. The minimum atomic E-state index is -0.0779. The molecule has 0 radical (unpaired) electrons. The molecular weight excluding hydrogens is 576 g/mol. The molecule has 0 bridgehead atoms. The maximum Gasteiger partial charge on any atom is 0.0780 e. The Hall–Kier alpha value is -3.56. The van der Waals surface area contributed by atoms with Crippen LogP contribution < -0.4 is 0 Å². The van der Waals surface area contributed by atoms with Crippen molar-refractivity contribution in [2.24, 2.45) is 9.98 Å². The van der Waals surface area contributed by atoms with Crippen LogP contribution in [-0.4, -0.2) is 18.5 Å². The average Bonchev–Trinajstić information content (AvgIpc) is 3.24. The highest BCUT2D eigenvalue weighted by Gasteiger charge is 2.35. The minimum Gasteiger partial charge on any atom is -0.292 e. The van der Waals surface area contributed by atoms with Crippen molar-refractivity contribution in [1.29, 1.82) is 0 Å². The van der Waals surface area contributed by atoms with Crippen molar-refractivity contribution in [2.45, 2.75) is 65.7 Å². The van der Waals surface area contributed by atoms with Crippen molar-refractivity contribution in [3.63, 3.8) is 0 Å². The summed E-state index contributed by atoms with van der Waals surface area (Å²) >= 11 is 3.67. The molecule has 1 atom stereocenters. The van der Waals surface area contributed by atoms with E-state index < -0.39 is 0 Å². The molecule has 42 heavy (non-hydrogen) atoms. The summed E-state index contributed by atoms with van der Waals surface area (Å²) in [5, 5.41) is 0. The summed E-state index contributed by atoms with van der Waals surface area (Å²) in [5.74, 6) is 0.123. The van der Waals surface area contributed by atoms with Gasteiger partial charge in [-0.1, -0.05) is 122 Å². The first kappa shape index (κ1) is 29.9. The molecule has 2 nitrogen and oxygen atoms in total. The van der Waals surface area contributed by atoms with Gasteiger partial charge in [-0.25, -0.2) is 0 Å². The van der Waals surface area contributed by atoms with E-state index in [1.165, 1.54) is 33.4 Å². The fourth-order valence-electron chi connectivity index (χ4n) is 6.36. The Balaban J connectivity index is 1.72. The molecule has 0 saturated heterocycles. The first-order valence-corrected chi connectivity index (χ1v) is 15.8. The summed E-state index contributed by atoms with van der Waals surface area (Å²) in [6.07, 6.45) is 1.91. The number of halogens is 1. The Morgan fingerprint density at radius 1 is 0.786 bits per heavy atom. The molecule has 5 rings (SSSR count). The zero-order valence-electron chi connectivity index (χ0n) is 25.9. The number of rotatable bonds is 8. The molecule has 0 amide bonds. The number of allylic oxidation sites excluding steroid dienone is 2. The van der Waals surface area contributed by atoms with E-state index in [0.717, 1.165) is 51.1 Å². The van der Waals surface area contributed by atoms with Crippen molar-refractivity contribution < 1.29 is 0 Å². The first-order valence-electron chi connectivity index (χ1n) is 15.0.